The molecule has 3 aromatic rings. The number of nitrogens with zero attached hydrogens (tertiary/aromatic N) is 4. The van der Waals surface area contributed by atoms with E-state index >= 15 is 0 Å². The third-order valence-corrected chi connectivity index (χ3v) is 5.07. The zero-order valence-electron chi connectivity index (χ0n) is 18.5. The molecule has 33 heavy (non-hydrogen) atoms. The zero-order chi connectivity index (χ0) is 23.4. The highest BCUT2D eigenvalue weighted by atomic mass is 19.3. The van der Waals surface area contributed by atoms with Gasteiger partial charge in [0, 0.05) is 31.0 Å². The third-order valence-electron chi connectivity index (χ3n) is 5.07. The van der Waals surface area contributed by atoms with Gasteiger partial charge in [-0.25, -0.2) is 9.97 Å². The van der Waals surface area contributed by atoms with Gasteiger partial charge in [-0.1, -0.05) is 12.1 Å². The predicted octanol–water partition coefficient (Wildman–Crippen LogP) is 4.51. The van der Waals surface area contributed by atoms with Crippen molar-refractivity contribution in [1.82, 2.24) is 15.0 Å². The third kappa shape index (κ3) is 5.64. The van der Waals surface area contributed by atoms with Crippen molar-refractivity contribution in [3.63, 3.8) is 0 Å². The molecule has 1 aromatic carbocycles. The van der Waals surface area contributed by atoms with Crippen molar-refractivity contribution in [2.75, 3.05) is 30.4 Å². The molecular weight excluding hydrogens is 432 g/mol. The van der Waals surface area contributed by atoms with E-state index in [-0.39, 0.29) is 18.0 Å². The average Bonchev–Trinajstić information content (AvgIpc) is 2.79. The summed E-state index contributed by atoms with van der Waals surface area (Å²) in [5, 5.41) is 3.25. The van der Waals surface area contributed by atoms with Gasteiger partial charge in [0.25, 0.3) is 0 Å². The van der Waals surface area contributed by atoms with Gasteiger partial charge in [-0.05, 0) is 43.7 Å². The first-order valence-electron chi connectivity index (χ1n) is 10.5. The lowest BCUT2D eigenvalue weighted by molar-refractivity contribution is -0.0498. The first-order chi connectivity index (χ1) is 15.9. The number of benzene rings is 1. The Morgan fingerprint density at radius 1 is 1.06 bits per heavy atom. The Morgan fingerprint density at radius 3 is 2.45 bits per heavy atom. The van der Waals surface area contributed by atoms with Crippen LogP contribution in [0.25, 0.3) is 11.1 Å². The summed E-state index contributed by atoms with van der Waals surface area (Å²) in [6, 6.07) is 9.97. The largest absolute Gasteiger partial charge is 0.480 e. The van der Waals surface area contributed by atoms with Gasteiger partial charge in [0.05, 0.1) is 19.3 Å². The molecule has 1 aliphatic rings. The lowest BCUT2D eigenvalue weighted by Crippen LogP contribution is -2.46. The van der Waals surface area contributed by atoms with Gasteiger partial charge in [0.15, 0.2) is 0 Å². The summed E-state index contributed by atoms with van der Waals surface area (Å²) in [5.41, 5.74) is 2.16. The molecule has 0 unspecified atom stereocenters. The van der Waals surface area contributed by atoms with E-state index in [2.05, 4.69) is 29.9 Å². The van der Waals surface area contributed by atoms with E-state index in [1.807, 2.05) is 19.9 Å². The number of halogens is 2. The van der Waals surface area contributed by atoms with Crippen LogP contribution in [0.4, 0.5) is 26.2 Å². The van der Waals surface area contributed by atoms with Crippen molar-refractivity contribution >= 4 is 17.5 Å². The maximum atomic E-state index is 12.4. The molecule has 10 heteroatoms. The number of ether oxygens (including phenoxy) is 3. The second-order valence-corrected chi connectivity index (χ2v) is 7.71. The van der Waals surface area contributed by atoms with Crippen molar-refractivity contribution in [2.24, 2.45) is 0 Å². The van der Waals surface area contributed by atoms with Crippen molar-refractivity contribution in [3.05, 3.63) is 48.8 Å². The number of methoxy groups -OCH3 is 1. The highest BCUT2D eigenvalue weighted by molar-refractivity contribution is 5.72. The van der Waals surface area contributed by atoms with Gasteiger partial charge in [0.1, 0.15) is 17.3 Å². The number of aromatic nitrogens is 3. The number of anilines is 3. The molecule has 4 rings (SSSR count). The SMILES string of the molecule is COc1ncc(-c2ccc(OC(F)F)cc2)cc1Nc1ccnc(N2C[C@@H](C)O[C@H](C)C2)n1. The summed E-state index contributed by atoms with van der Waals surface area (Å²) in [5.74, 6) is 1.68. The van der Waals surface area contributed by atoms with Crippen LogP contribution in [0.15, 0.2) is 48.8 Å². The van der Waals surface area contributed by atoms with Gasteiger partial charge in [-0.15, -0.1) is 0 Å². The van der Waals surface area contributed by atoms with Crippen LogP contribution >= 0.6 is 0 Å². The molecule has 0 radical (unpaired) electrons. The van der Waals surface area contributed by atoms with Gasteiger partial charge < -0.3 is 24.4 Å². The molecule has 2 atom stereocenters. The molecule has 1 N–H and O–H groups in total. The number of hydrogen-bond donors (Lipinski definition) is 1. The minimum Gasteiger partial charge on any atom is -0.480 e. The van der Waals surface area contributed by atoms with Crippen LogP contribution in [-0.2, 0) is 4.74 Å². The number of hydrogen-bond acceptors (Lipinski definition) is 8. The normalized spacial score (nSPS) is 18.3. The fraction of sp³-hybridized carbons (Fsp3) is 0.348. The quantitative estimate of drug-likeness (QED) is 0.555. The van der Waals surface area contributed by atoms with Crippen molar-refractivity contribution in [1.29, 1.82) is 0 Å². The molecule has 0 bridgehead atoms. The molecule has 1 aliphatic heterocycles. The number of rotatable bonds is 7. The smallest absolute Gasteiger partial charge is 0.387 e. The average molecular weight is 457 g/mol. The standard InChI is InChI=1S/C23H25F2N5O3/c1-14-12-30(13-15(2)32-14)23-26-9-8-20(29-23)28-19-10-17(11-27-21(19)31-3)16-4-6-18(7-5-16)33-22(24)25/h4-11,14-15,22H,12-13H2,1-3H3,(H,26,28,29)/t14-,15-/m1/s1. The monoisotopic (exact) mass is 457 g/mol. The Hall–Kier alpha value is -3.53. The molecule has 3 heterocycles. The van der Waals surface area contributed by atoms with Crippen LogP contribution in [0.1, 0.15) is 13.8 Å². The van der Waals surface area contributed by atoms with Crippen molar-refractivity contribution in [3.8, 4) is 22.8 Å². The molecule has 1 saturated heterocycles. The summed E-state index contributed by atoms with van der Waals surface area (Å²) in [6.07, 6.45) is 3.52. The van der Waals surface area contributed by atoms with Gasteiger partial charge in [-0.2, -0.15) is 13.8 Å². The summed E-state index contributed by atoms with van der Waals surface area (Å²) in [7, 11) is 1.53. The second kappa shape index (κ2) is 9.95. The Kier molecular flexibility index (Phi) is 6.83. The second-order valence-electron chi connectivity index (χ2n) is 7.71. The van der Waals surface area contributed by atoms with Crippen LogP contribution in [0, 0.1) is 0 Å². The summed E-state index contributed by atoms with van der Waals surface area (Å²) < 4.78 is 40.4. The Morgan fingerprint density at radius 2 is 1.79 bits per heavy atom. The lowest BCUT2D eigenvalue weighted by atomic mass is 10.1. The maximum Gasteiger partial charge on any atom is 0.387 e. The fourth-order valence-corrected chi connectivity index (χ4v) is 3.74. The summed E-state index contributed by atoms with van der Waals surface area (Å²) >= 11 is 0. The van der Waals surface area contributed by atoms with E-state index < -0.39 is 6.61 Å². The van der Waals surface area contributed by atoms with Crippen LogP contribution < -0.4 is 19.7 Å². The highest BCUT2D eigenvalue weighted by Crippen LogP contribution is 2.31. The minimum absolute atomic E-state index is 0.0902. The van der Waals surface area contributed by atoms with Crippen molar-refractivity contribution < 1.29 is 23.0 Å². The van der Waals surface area contributed by atoms with Crippen molar-refractivity contribution in [2.45, 2.75) is 32.7 Å². The number of morpholine rings is 1. The Labute approximate surface area is 190 Å². The fourth-order valence-electron chi connectivity index (χ4n) is 3.74. The van der Waals surface area contributed by atoms with E-state index in [0.717, 1.165) is 11.1 Å². The number of nitrogens with one attached hydrogen (secondary N) is 1. The van der Waals surface area contributed by atoms with E-state index in [1.165, 1.54) is 19.2 Å². The molecule has 0 spiro atoms. The lowest BCUT2D eigenvalue weighted by Gasteiger charge is -2.35. The van der Waals surface area contributed by atoms with Gasteiger partial charge >= 0.3 is 6.61 Å². The minimum atomic E-state index is -2.86. The molecule has 2 aromatic heterocycles. The van der Waals surface area contributed by atoms with Gasteiger partial charge in [0.2, 0.25) is 11.8 Å². The molecule has 0 saturated carbocycles. The molecule has 1 fully saturated rings. The van der Waals surface area contributed by atoms with Gasteiger partial charge in [-0.3, -0.25) is 0 Å². The molecule has 174 valence electrons. The maximum absolute atomic E-state index is 12.4. The predicted molar refractivity (Wildman–Crippen MR) is 120 cm³/mol. The molecular formula is C23H25F2N5O3. The molecule has 0 amide bonds. The van der Waals surface area contributed by atoms with E-state index in [9.17, 15) is 8.78 Å². The first-order valence-corrected chi connectivity index (χ1v) is 10.5. The summed E-state index contributed by atoms with van der Waals surface area (Å²) in [4.78, 5) is 15.5. The van der Waals surface area contributed by atoms with E-state index in [4.69, 9.17) is 9.47 Å². The first kappa shape index (κ1) is 22.7. The molecule has 0 aliphatic carbocycles. The summed E-state index contributed by atoms with van der Waals surface area (Å²) in [6.45, 7) is 2.60. The highest BCUT2D eigenvalue weighted by Gasteiger charge is 2.24. The van der Waals surface area contributed by atoms with Crippen LogP contribution in [-0.4, -0.2) is 54.0 Å². The van der Waals surface area contributed by atoms with E-state index in [0.29, 0.717) is 36.4 Å². The number of alkyl halides is 2. The molecule has 8 nitrogen and oxygen atoms in total. The van der Waals surface area contributed by atoms with Crippen LogP contribution in [0.5, 0.6) is 11.6 Å². The van der Waals surface area contributed by atoms with Crippen LogP contribution in [0.2, 0.25) is 0 Å². The van der Waals surface area contributed by atoms with E-state index in [1.54, 1.807) is 30.6 Å². The Bertz CT molecular complexity index is 1070. The number of pyridine rings is 1. The van der Waals surface area contributed by atoms with Crippen LogP contribution in [0.3, 0.4) is 0 Å². The Balaban J connectivity index is 1.57. The zero-order valence-corrected chi connectivity index (χ0v) is 18.5. The topological polar surface area (TPSA) is 81.6 Å².